The highest BCUT2D eigenvalue weighted by molar-refractivity contribution is 5.69. The van der Waals surface area contributed by atoms with Crippen molar-refractivity contribution in [2.45, 2.75) is 110 Å². The maximum atomic E-state index is 14.0. The van der Waals surface area contributed by atoms with Crippen LogP contribution in [-0.2, 0) is 16.1 Å². The van der Waals surface area contributed by atoms with Crippen LogP contribution in [0.5, 0.6) is 0 Å². The molecule has 0 unspecified atom stereocenters. The molecule has 0 heterocycles. The van der Waals surface area contributed by atoms with Gasteiger partial charge in [0.15, 0.2) is 23.3 Å². The predicted octanol–water partition coefficient (Wildman–Crippen LogP) is 8.70. The van der Waals surface area contributed by atoms with Crippen LogP contribution in [0.25, 0.3) is 0 Å². The number of hydrogen-bond acceptors (Lipinski definition) is 2. The quantitative estimate of drug-likeness (QED) is 0.0554. The Balaban J connectivity index is 2.16. The zero-order chi connectivity index (χ0) is 25.2. The van der Waals surface area contributed by atoms with Crippen molar-refractivity contribution >= 4 is 5.97 Å². The Morgan fingerprint density at radius 1 is 0.765 bits per heavy atom. The number of benzene rings is 1. The van der Waals surface area contributed by atoms with Crippen molar-refractivity contribution in [2.24, 2.45) is 0 Å². The monoisotopic (exact) mass is 482 g/mol. The van der Waals surface area contributed by atoms with Gasteiger partial charge in [-0.2, -0.15) is 0 Å². The third kappa shape index (κ3) is 11.2. The molecular weight excluding hydrogens is 444 g/mol. The molecule has 1 rings (SSSR count). The van der Waals surface area contributed by atoms with E-state index < -0.39 is 47.0 Å². The second kappa shape index (κ2) is 18.1. The van der Waals surface area contributed by atoms with E-state index in [-0.39, 0.29) is 6.42 Å². The highest BCUT2D eigenvalue weighted by Gasteiger charge is 2.25. The molecular formula is C28H38F4O2. The lowest BCUT2D eigenvalue weighted by Crippen LogP contribution is -2.11. The van der Waals surface area contributed by atoms with Crippen molar-refractivity contribution in [3.8, 4) is 11.8 Å². The number of carbonyl (C=O) groups excluding carboxylic acids is 1. The largest absolute Gasteiger partial charge is 0.461 e. The molecule has 0 aliphatic carbocycles. The molecule has 1 aromatic rings. The minimum atomic E-state index is -1.59. The van der Waals surface area contributed by atoms with Crippen molar-refractivity contribution in [3.05, 3.63) is 46.5 Å². The summed E-state index contributed by atoms with van der Waals surface area (Å²) < 4.78 is 60.7. The van der Waals surface area contributed by atoms with Crippen LogP contribution in [0.4, 0.5) is 17.6 Å². The summed E-state index contributed by atoms with van der Waals surface area (Å²) in [6.07, 6.45) is 19.3. The van der Waals surface area contributed by atoms with Crippen molar-refractivity contribution in [1.29, 1.82) is 0 Å². The van der Waals surface area contributed by atoms with E-state index >= 15 is 0 Å². The summed E-state index contributed by atoms with van der Waals surface area (Å²) in [7, 11) is 0. The summed E-state index contributed by atoms with van der Waals surface area (Å²) >= 11 is 0. The van der Waals surface area contributed by atoms with Crippen LogP contribution in [0.3, 0.4) is 0 Å². The van der Waals surface area contributed by atoms with E-state index in [0.29, 0.717) is 6.42 Å². The van der Waals surface area contributed by atoms with Crippen molar-refractivity contribution < 1.29 is 27.1 Å². The van der Waals surface area contributed by atoms with Gasteiger partial charge in [-0.1, -0.05) is 76.4 Å². The normalized spacial score (nSPS) is 11.0. The SMILES string of the molecule is CC#Cc1c(F)c(F)c(COC(=O)CCCCCCC/C=C\CCCCCCCC)c(F)c1F. The predicted molar refractivity (Wildman–Crippen MR) is 128 cm³/mol. The molecule has 6 heteroatoms. The lowest BCUT2D eigenvalue weighted by Gasteiger charge is -2.10. The molecule has 0 atom stereocenters. The minimum absolute atomic E-state index is 0.0890. The van der Waals surface area contributed by atoms with Gasteiger partial charge in [0.2, 0.25) is 0 Å². The smallest absolute Gasteiger partial charge is 0.306 e. The first-order valence-corrected chi connectivity index (χ1v) is 12.5. The van der Waals surface area contributed by atoms with Crippen LogP contribution in [0.1, 0.15) is 115 Å². The van der Waals surface area contributed by atoms with E-state index in [0.717, 1.165) is 38.5 Å². The first-order chi connectivity index (χ1) is 16.4. The third-order valence-corrected chi connectivity index (χ3v) is 5.62. The average molecular weight is 483 g/mol. The molecule has 0 saturated heterocycles. The Kier molecular flexibility index (Phi) is 15.8. The molecule has 34 heavy (non-hydrogen) atoms. The molecule has 0 amide bonds. The summed E-state index contributed by atoms with van der Waals surface area (Å²) in [4.78, 5) is 11.8. The van der Waals surface area contributed by atoms with Crippen LogP contribution in [0.2, 0.25) is 0 Å². The van der Waals surface area contributed by atoms with Crippen LogP contribution in [0.15, 0.2) is 12.2 Å². The molecule has 0 saturated carbocycles. The highest BCUT2D eigenvalue weighted by Crippen LogP contribution is 2.24. The number of esters is 1. The van der Waals surface area contributed by atoms with Crippen molar-refractivity contribution in [2.75, 3.05) is 0 Å². The molecule has 0 N–H and O–H groups in total. The molecule has 0 radical (unpaired) electrons. The maximum absolute atomic E-state index is 14.0. The second-order valence-corrected chi connectivity index (χ2v) is 8.48. The molecule has 0 bridgehead atoms. The van der Waals surface area contributed by atoms with Gasteiger partial charge in [0.05, 0.1) is 5.56 Å². The summed E-state index contributed by atoms with van der Waals surface area (Å²) in [6.45, 7) is 2.65. The van der Waals surface area contributed by atoms with Crippen LogP contribution >= 0.6 is 0 Å². The Hall–Kier alpha value is -2.29. The lowest BCUT2D eigenvalue weighted by molar-refractivity contribution is -0.145. The number of carbonyl (C=O) groups is 1. The van der Waals surface area contributed by atoms with Crippen LogP contribution in [-0.4, -0.2) is 5.97 Å². The van der Waals surface area contributed by atoms with E-state index in [1.54, 1.807) is 0 Å². The molecule has 1 aromatic carbocycles. The highest BCUT2D eigenvalue weighted by atomic mass is 19.2. The third-order valence-electron chi connectivity index (χ3n) is 5.62. The van der Waals surface area contributed by atoms with Gasteiger partial charge in [-0.15, -0.1) is 5.92 Å². The fourth-order valence-electron chi connectivity index (χ4n) is 3.60. The average Bonchev–Trinajstić information content (AvgIpc) is 2.83. The van der Waals surface area contributed by atoms with E-state index in [9.17, 15) is 22.4 Å². The van der Waals surface area contributed by atoms with Crippen molar-refractivity contribution in [1.82, 2.24) is 0 Å². The summed E-state index contributed by atoms with van der Waals surface area (Å²) in [6, 6.07) is 0. The lowest BCUT2D eigenvalue weighted by atomic mass is 10.1. The van der Waals surface area contributed by atoms with Gasteiger partial charge in [-0.3, -0.25) is 4.79 Å². The molecule has 0 aliphatic heterocycles. The number of rotatable bonds is 17. The molecule has 0 spiro atoms. The summed E-state index contributed by atoms with van der Waals surface area (Å²) in [5, 5.41) is 0. The Morgan fingerprint density at radius 3 is 1.79 bits per heavy atom. The van der Waals surface area contributed by atoms with Gasteiger partial charge in [0, 0.05) is 6.42 Å². The van der Waals surface area contributed by atoms with Gasteiger partial charge in [0.25, 0.3) is 0 Å². The van der Waals surface area contributed by atoms with Crippen LogP contribution < -0.4 is 0 Å². The van der Waals surface area contributed by atoms with Gasteiger partial charge >= 0.3 is 5.97 Å². The van der Waals surface area contributed by atoms with Crippen LogP contribution in [0, 0.1) is 35.1 Å². The molecule has 0 aliphatic rings. The van der Waals surface area contributed by atoms with E-state index in [2.05, 4.69) is 25.0 Å². The van der Waals surface area contributed by atoms with Gasteiger partial charge in [-0.25, -0.2) is 17.6 Å². The van der Waals surface area contributed by atoms with E-state index in [1.807, 2.05) is 5.92 Å². The molecule has 0 fully saturated rings. The zero-order valence-electron chi connectivity index (χ0n) is 20.6. The standard InChI is InChI=1S/C28H38F4O2/c1-3-5-6-7-8-9-10-11-12-13-14-15-16-17-18-20-24(33)34-21-23-27(31)25(29)22(19-4-2)26(30)28(23)32/h11-12H,3,5-10,13-18,20-21H2,1-2H3/b12-11-. The summed E-state index contributed by atoms with van der Waals surface area (Å²) in [5.41, 5.74) is -1.92. The van der Waals surface area contributed by atoms with Gasteiger partial charge in [0.1, 0.15) is 12.2 Å². The zero-order valence-corrected chi connectivity index (χ0v) is 20.6. The van der Waals surface area contributed by atoms with E-state index in [1.165, 1.54) is 45.4 Å². The number of allylic oxidation sites excluding steroid dienone is 2. The number of unbranched alkanes of at least 4 members (excludes halogenated alkanes) is 11. The number of ether oxygens (including phenoxy) is 1. The molecule has 190 valence electrons. The Labute approximate surface area is 202 Å². The Bertz CT molecular complexity index is 808. The second-order valence-electron chi connectivity index (χ2n) is 8.48. The minimum Gasteiger partial charge on any atom is -0.461 e. The maximum Gasteiger partial charge on any atom is 0.306 e. The topological polar surface area (TPSA) is 26.3 Å². The number of halogens is 4. The van der Waals surface area contributed by atoms with Gasteiger partial charge < -0.3 is 4.74 Å². The fourth-order valence-corrected chi connectivity index (χ4v) is 3.60. The van der Waals surface area contributed by atoms with Crippen molar-refractivity contribution in [3.63, 3.8) is 0 Å². The fraction of sp³-hybridized carbons (Fsp3) is 0.607. The van der Waals surface area contributed by atoms with Gasteiger partial charge in [-0.05, 0) is 39.0 Å². The number of hydrogen-bond donors (Lipinski definition) is 0. The summed E-state index contributed by atoms with van der Waals surface area (Å²) in [5.74, 6) is -2.82. The Morgan fingerprint density at radius 2 is 1.26 bits per heavy atom. The first kappa shape index (κ1) is 29.7. The van der Waals surface area contributed by atoms with E-state index in [4.69, 9.17) is 4.74 Å². The molecule has 0 aromatic heterocycles. The first-order valence-electron chi connectivity index (χ1n) is 12.5. The molecule has 2 nitrogen and oxygen atoms in total.